The number of nitrogens with one attached hydrogen (secondary N) is 1. The molecule has 1 aromatic heterocycles. The Morgan fingerprint density at radius 3 is 2.47 bits per heavy atom. The van der Waals surface area contributed by atoms with Crippen LogP contribution in [0.25, 0.3) is 0 Å². The van der Waals surface area contributed by atoms with Crippen LogP contribution < -0.4 is 10.1 Å². The maximum Gasteiger partial charge on any atom is 0.118 e. The lowest BCUT2D eigenvalue weighted by Crippen LogP contribution is -2.20. The molecule has 0 saturated carbocycles. The number of benzene rings is 1. The molecule has 0 aliphatic rings. The van der Waals surface area contributed by atoms with Gasteiger partial charge in [-0.05, 0) is 31.5 Å². The molecule has 4 heteroatoms. The van der Waals surface area contributed by atoms with Crippen LogP contribution in [0.1, 0.15) is 29.9 Å². The summed E-state index contributed by atoms with van der Waals surface area (Å²) in [4.78, 5) is 8.63. The molecule has 1 atom stereocenters. The van der Waals surface area contributed by atoms with Gasteiger partial charge in [-0.3, -0.25) is 9.97 Å². The molecular weight excluding hydrogens is 238 g/mol. The predicted molar refractivity (Wildman–Crippen MR) is 75.0 cm³/mol. The average molecular weight is 257 g/mol. The van der Waals surface area contributed by atoms with Crippen molar-refractivity contribution in [3.63, 3.8) is 0 Å². The molecule has 0 fully saturated rings. The van der Waals surface area contributed by atoms with Crippen molar-refractivity contribution in [1.82, 2.24) is 15.3 Å². The van der Waals surface area contributed by atoms with E-state index in [2.05, 4.69) is 34.3 Å². The molecule has 19 heavy (non-hydrogen) atoms. The van der Waals surface area contributed by atoms with E-state index in [1.54, 1.807) is 19.5 Å². The number of nitrogens with zero attached hydrogens (tertiary/aromatic N) is 2. The minimum atomic E-state index is 0.177. The smallest absolute Gasteiger partial charge is 0.118 e. The van der Waals surface area contributed by atoms with E-state index in [0.29, 0.717) is 0 Å². The number of hydrogen-bond acceptors (Lipinski definition) is 4. The minimum absolute atomic E-state index is 0.177. The average Bonchev–Trinajstić information content (AvgIpc) is 2.46. The minimum Gasteiger partial charge on any atom is -0.497 e. The van der Waals surface area contributed by atoms with Crippen molar-refractivity contribution in [1.29, 1.82) is 0 Å². The first-order valence-corrected chi connectivity index (χ1v) is 6.34. The lowest BCUT2D eigenvalue weighted by molar-refractivity contribution is 0.414. The summed E-state index contributed by atoms with van der Waals surface area (Å²) in [5.41, 5.74) is 3.18. The standard InChI is InChI=1S/C15H19N3O/c1-11-15(17-9-8-16-11)12(2)18-10-13-4-6-14(19-3)7-5-13/h4-9,12,18H,10H2,1-3H3. The van der Waals surface area contributed by atoms with Crippen molar-refractivity contribution in [3.8, 4) is 5.75 Å². The number of rotatable bonds is 5. The first kappa shape index (κ1) is 13.5. The molecule has 1 aromatic carbocycles. The number of ether oxygens (including phenoxy) is 1. The zero-order chi connectivity index (χ0) is 13.7. The van der Waals surface area contributed by atoms with E-state index in [0.717, 1.165) is 23.7 Å². The van der Waals surface area contributed by atoms with Gasteiger partial charge in [-0.1, -0.05) is 12.1 Å². The quantitative estimate of drug-likeness (QED) is 0.894. The van der Waals surface area contributed by atoms with Gasteiger partial charge in [0.2, 0.25) is 0 Å². The van der Waals surface area contributed by atoms with Crippen LogP contribution in [0.15, 0.2) is 36.7 Å². The Morgan fingerprint density at radius 2 is 1.84 bits per heavy atom. The highest BCUT2D eigenvalue weighted by Crippen LogP contribution is 2.14. The molecule has 0 amide bonds. The van der Waals surface area contributed by atoms with Crippen LogP contribution in [0.4, 0.5) is 0 Å². The van der Waals surface area contributed by atoms with E-state index in [9.17, 15) is 0 Å². The molecule has 0 bridgehead atoms. The Kier molecular flexibility index (Phi) is 4.47. The Hall–Kier alpha value is -1.94. The molecule has 2 aromatic rings. The lowest BCUT2D eigenvalue weighted by Gasteiger charge is -2.14. The summed E-state index contributed by atoms with van der Waals surface area (Å²) < 4.78 is 5.14. The fraction of sp³-hybridized carbons (Fsp3) is 0.333. The molecule has 4 nitrogen and oxygen atoms in total. The van der Waals surface area contributed by atoms with Gasteiger partial charge in [-0.15, -0.1) is 0 Å². The largest absolute Gasteiger partial charge is 0.497 e. The second-order valence-corrected chi connectivity index (χ2v) is 4.48. The summed E-state index contributed by atoms with van der Waals surface area (Å²) in [6.45, 7) is 4.87. The molecule has 100 valence electrons. The molecule has 0 saturated heterocycles. The molecule has 1 N–H and O–H groups in total. The fourth-order valence-corrected chi connectivity index (χ4v) is 1.95. The number of hydrogen-bond donors (Lipinski definition) is 1. The third-order valence-electron chi connectivity index (χ3n) is 3.10. The number of aromatic nitrogens is 2. The van der Waals surface area contributed by atoms with E-state index in [4.69, 9.17) is 4.74 Å². The van der Waals surface area contributed by atoms with Crippen molar-refractivity contribution in [3.05, 3.63) is 53.6 Å². The van der Waals surface area contributed by atoms with Gasteiger partial charge in [-0.2, -0.15) is 0 Å². The van der Waals surface area contributed by atoms with Gasteiger partial charge in [0.05, 0.1) is 18.5 Å². The van der Waals surface area contributed by atoms with Gasteiger partial charge in [0.15, 0.2) is 0 Å². The van der Waals surface area contributed by atoms with Crippen LogP contribution in [0.2, 0.25) is 0 Å². The van der Waals surface area contributed by atoms with E-state index < -0.39 is 0 Å². The van der Waals surface area contributed by atoms with Crippen LogP contribution in [0.3, 0.4) is 0 Å². The monoisotopic (exact) mass is 257 g/mol. The summed E-state index contributed by atoms with van der Waals surface area (Å²) in [6, 6.07) is 8.23. The first-order chi connectivity index (χ1) is 9.20. The second kappa shape index (κ2) is 6.29. The van der Waals surface area contributed by atoms with Gasteiger partial charge in [0.25, 0.3) is 0 Å². The van der Waals surface area contributed by atoms with Crippen molar-refractivity contribution < 1.29 is 4.74 Å². The van der Waals surface area contributed by atoms with Gasteiger partial charge in [0.1, 0.15) is 5.75 Å². The highest BCUT2D eigenvalue weighted by atomic mass is 16.5. The van der Waals surface area contributed by atoms with Gasteiger partial charge in [-0.25, -0.2) is 0 Å². The van der Waals surface area contributed by atoms with Crippen LogP contribution in [-0.4, -0.2) is 17.1 Å². The maximum atomic E-state index is 5.14. The van der Waals surface area contributed by atoms with E-state index in [1.165, 1.54) is 5.56 Å². The molecule has 2 rings (SSSR count). The molecule has 1 heterocycles. The highest BCUT2D eigenvalue weighted by Gasteiger charge is 2.09. The van der Waals surface area contributed by atoms with Crippen molar-refractivity contribution in [2.75, 3.05) is 7.11 Å². The van der Waals surface area contributed by atoms with Gasteiger partial charge in [0, 0.05) is 25.0 Å². The Bertz CT molecular complexity index is 525. The van der Waals surface area contributed by atoms with Gasteiger partial charge < -0.3 is 10.1 Å². The highest BCUT2D eigenvalue weighted by molar-refractivity contribution is 5.27. The number of aryl methyl sites for hydroxylation is 1. The maximum absolute atomic E-state index is 5.14. The third kappa shape index (κ3) is 3.51. The lowest BCUT2D eigenvalue weighted by atomic mass is 10.1. The van der Waals surface area contributed by atoms with Crippen molar-refractivity contribution in [2.45, 2.75) is 26.4 Å². The van der Waals surface area contributed by atoms with Crippen molar-refractivity contribution >= 4 is 0 Å². The fourth-order valence-electron chi connectivity index (χ4n) is 1.95. The predicted octanol–water partition coefficient (Wildman–Crippen LogP) is 2.64. The van der Waals surface area contributed by atoms with Crippen LogP contribution >= 0.6 is 0 Å². The summed E-state index contributed by atoms with van der Waals surface area (Å²) in [7, 11) is 1.67. The van der Waals surface area contributed by atoms with Crippen LogP contribution in [0, 0.1) is 6.92 Å². The summed E-state index contributed by atoms with van der Waals surface area (Å²) in [5.74, 6) is 0.876. The molecular formula is C15H19N3O. The molecule has 0 radical (unpaired) electrons. The number of methoxy groups -OCH3 is 1. The zero-order valence-corrected chi connectivity index (χ0v) is 11.6. The SMILES string of the molecule is COc1ccc(CNC(C)c2nccnc2C)cc1. The second-order valence-electron chi connectivity index (χ2n) is 4.48. The molecule has 0 spiro atoms. The van der Waals surface area contributed by atoms with Crippen LogP contribution in [0.5, 0.6) is 5.75 Å². The third-order valence-corrected chi connectivity index (χ3v) is 3.10. The van der Waals surface area contributed by atoms with E-state index >= 15 is 0 Å². The molecule has 0 aliphatic heterocycles. The topological polar surface area (TPSA) is 47.0 Å². The first-order valence-electron chi connectivity index (χ1n) is 6.34. The Morgan fingerprint density at radius 1 is 1.16 bits per heavy atom. The normalized spacial score (nSPS) is 12.2. The Balaban J connectivity index is 1.96. The Labute approximate surface area is 113 Å². The van der Waals surface area contributed by atoms with Gasteiger partial charge >= 0.3 is 0 Å². The molecule has 0 aliphatic carbocycles. The van der Waals surface area contributed by atoms with Crippen LogP contribution in [-0.2, 0) is 6.54 Å². The molecule has 1 unspecified atom stereocenters. The summed E-state index contributed by atoms with van der Waals surface area (Å²) in [5, 5.41) is 3.45. The van der Waals surface area contributed by atoms with E-state index in [1.807, 2.05) is 19.1 Å². The zero-order valence-electron chi connectivity index (χ0n) is 11.6. The summed E-state index contributed by atoms with van der Waals surface area (Å²) >= 11 is 0. The summed E-state index contributed by atoms with van der Waals surface area (Å²) in [6.07, 6.45) is 3.45. The van der Waals surface area contributed by atoms with E-state index in [-0.39, 0.29) is 6.04 Å². The van der Waals surface area contributed by atoms with Crippen molar-refractivity contribution in [2.24, 2.45) is 0 Å².